The zero-order chi connectivity index (χ0) is 15.1. The molecule has 0 atom stereocenters. The predicted molar refractivity (Wildman–Crippen MR) is 85.9 cm³/mol. The van der Waals surface area contributed by atoms with E-state index >= 15 is 0 Å². The highest BCUT2D eigenvalue weighted by molar-refractivity contribution is 5.41. The standard InChI is InChI=1S/C18H23NO2/c1-3-14-4-6-15(7-5-14)13-21-18-12-17(20-2)9-8-16(18)10-11-19/h4-9,12H,3,10-11,13,19H2,1-2H3. The van der Waals surface area contributed by atoms with Crippen molar-refractivity contribution in [2.75, 3.05) is 13.7 Å². The van der Waals surface area contributed by atoms with E-state index in [1.807, 2.05) is 18.2 Å². The second-order valence-electron chi connectivity index (χ2n) is 4.97. The minimum atomic E-state index is 0.550. The number of methoxy groups -OCH3 is 1. The lowest BCUT2D eigenvalue weighted by Crippen LogP contribution is -2.06. The van der Waals surface area contributed by atoms with E-state index in [2.05, 4.69) is 31.2 Å². The lowest BCUT2D eigenvalue weighted by Gasteiger charge is -2.13. The van der Waals surface area contributed by atoms with Crippen LogP contribution in [0.15, 0.2) is 42.5 Å². The van der Waals surface area contributed by atoms with Crippen LogP contribution < -0.4 is 15.2 Å². The fourth-order valence-corrected chi connectivity index (χ4v) is 2.19. The number of hydrogen-bond acceptors (Lipinski definition) is 3. The van der Waals surface area contributed by atoms with Gasteiger partial charge in [-0.25, -0.2) is 0 Å². The molecule has 0 unspecified atom stereocenters. The summed E-state index contributed by atoms with van der Waals surface area (Å²) in [6, 6.07) is 14.4. The zero-order valence-corrected chi connectivity index (χ0v) is 12.8. The quantitative estimate of drug-likeness (QED) is 0.848. The predicted octanol–water partition coefficient (Wildman–Crippen LogP) is 3.34. The number of hydrogen-bond donors (Lipinski definition) is 1. The number of aryl methyl sites for hydroxylation is 1. The van der Waals surface area contributed by atoms with Gasteiger partial charge in [-0.3, -0.25) is 0 Å². The monoisotopic (exact) mass is 285 g/mol. The minimum absolute atomic E-state index is 0.550. The molecule has 112 valence electrons. The Morgan fingerprint density at radius 1 is 1.00 bits per heavy atom. The van der Waals surface area contributed by atoms with Crippen molar-refractivity contribution >= 4 is 0 Å². The molecule has 0 fully saturated rings. The first-order valence-corrected chi connectivity index (χ1v) is 7.34. The highest BCUT2D eigenvalue weighted by atomic mass is 16.5. The van der Waals surface area contributed by atoms with E-state index in [9.17, 15) is 0 Å². The van der Waals surface area contributed by atoms with Crippen LogP contribution in [0.3, 0.4) is 0 Å². The Bertz CT molecular complexity index is 564. The van der Waals surface area contributed by atoms with Gasteiger partial charge in [0.25, 0.3) is 0 Å². The summed E-state index contributed by atoms with van der Waals surface area (Å²) in [6.07, 6.45) is 1.85. The molecule has 0 saturated carbocycles. The Balaban J connectivity index is 2.09. The molecule has 0 aliphatic carbocycles. The zero-order valence-electron chi connectivity index (χ0n) is 12.8. The van der Waals surface area contributed by atoms with E-state index in [0.29, 0.717) is 13.2 Å². The largest absolute Gasteiger partial charge is 0.497 e. The average molecular weight is 285 g/mol. The van der Waals surface area contributed by atoms with Gasteiger partial charge in [-0.05, 0) is 42.1 Å². The molecule has 0 aromatic heterocycles. The van der Waals surface area contributed by atoms with Gasteiger partial charge in [0.2, 0.25) is 0 Å². The summed E-state index contributed by atoms with van der Waals surface area (Å²) in [6.45, 7) is 3.31. The minimum Gasteiger partial charge on any atom is -0.497 e. The van der Waals surface area contributed by atoms with E-state index < -0.39 is 0 Å². The molecule has 2 rings (SSSR count). The average Bonchev–Trinajstić information content (AvgIpc) is 2.54. The van der Waals surface area contributed by atoms with Gasteiger partial charge in [0.05, 0.1) is 7.11 Å². The van der Waals surface area contributed by atoms with E-state index in [4.69, 9.17) is 15.2 Å². The number of nitrogens with two attached hydrogens (primary N) is 1. The van der Waals surface area contributed by atoms with Gasteiger partial charge < -0.3 is 15.2 Å². The molecule has 0 aliphatic heterocycles. The first kappa shape index (κ1) is 15.4. The molecular weight excluding hydrogens is 262 g/mol. The Labute approximate surface area is 126 Å². The Hall–Kier alpha value is -2.00. The van der Waals surface area contributed by atoms with Crippen LogP contribution in [0.1, 0.15) is 23.6 Å². The maximum Gasteiger partial charge on any atom is 0.126 e. The molecule has 0 bridgehead atoms. The van der Waals surface area contributed by atoms with Gasteiger partial charge in [0, 0.05) is 6.07 Å². The summed E-state index contributed by atoms with van der Waals surface area (Å²) >= 11 is 0. The van der Waals surface area contributed by atoms with Gasteiger partial charge in [0.1, 0.15) is 18.1 Å². The highest BCUT2D eigenvalue weighted by Crippen LogP contribution is 2.26. The molecule has 0 heterocycles. The number of ether oxygens (including phenoxy) is 2. The van der Waals surface area contributed by atoms with E-state index in [1.165, 1.54) is 5.56 Å². The van der Waals surface area contributed by atoms with Crippen molar-refractivity contribution in [3.63, 3.8) is 0 Å². The molecule has 2 aromatic carbocycles. The van der Waals surface area contributed by atoms with Gasteiger partial charge in [-0.2, -0.15) is 0 Å². The lowest BCUT2D eigenvalue weighted by atomic mass is 10.1. The third-order valence-corrected chi connectivity index (χ3v) is 3.51. The van der Waals surface area contributed by atoms with Crippen LogP contribution in [0.5, 0.6) is 11.5 Å². The van der Waals surface area contributed by atoms with Crippen LogP contribution in [-0.4, -0.2) is 13.7 Å². The summed E-state index contributed by atoms with van der Waals surface area (Å²) in [5, 5.41) is 0. The van der Waals surface area contributed by atoms with Crippen molar-refractivity contribution in [2.45, 2.75) is 26.4 Å². The van der Waals surface area contributed by atoms with Crippen LogP contribution in [-0.2, 0) is 19.4 Å². The van der Waals surface area contributed by atoms with Crippen molar-refractivity contribution in [3.05, 3.63) is 59.2 Å². The molecule has 3 heteroatoms. The van der Waals surface area contributed by atoms with Crippen LogP contribution in [0.4, 0.5) is 0 Å². The van der Waals surface area contributed by atoms with Crippen molar-refractivity contribution in [2.24, 2.45) is 5.73 Å². The summed E-state index contributed by atoms with van der Waals surface area (Å²) in [4.78, 5) is 0. The van der Waals surface area contributed by atoms with Crippen LogP contribution in [0, 0.1) is 0 Å². The first-order chi connectivity index (χ1) is 10.3. The van der Waals surface area contributed by atoms with E-state index in [1.54, 1.807) is 7.11 Å². The first-order valence-electron chi connectivity index (χ1n) is 7.34. The Morgan fingerprint density at radius 3 is 2.33 bits per heavy atom. The molecule has 21 heavy (non-hydrogen) atoms. The molecule has 3 nitrogen and oxygen atoms in total. The van der Waals surface area contributed by atoms with Gasteiger partial charge in [-0.15, -0.1) is 0 Å². The number of rotatable bonds is 7. The summed E-state index contributed by atoms with van der Waals surface area (Å²) in [7, 11) is 1.66. The normalized spacial score (nSPS) is 10.4. The fourth-order valence-electron chi connectivity index (χ4n) is 2.19. The second kappa shape index (κ2) is 7.70. The van der Waals surface area contributed by atoms with Gasteiger partial charge in [-0.1, -0.05) is 37.3 Å². The summed E-state index contributed by atoms with van der Waals surface area (Å²) in [5.41, 5.74) is 9.26. The highest BCUT2D eigenvalue weighted by Gasteiger charge is 2.06. The maximum atomic E-state index is 5.96. The van der Waals surface area contributed by atoms with Crippen molar-refractivity contribution in [1.29, 1.82) is 0 Å². The third-order valence-electron chi connectivity index (χ3n) is 3.51. The van der Waals surface area contributed by atoms with E-state index in [-0.39, 0.29) is 0 Å². The lowest BCUT2D eigenvalue weighted by molar-refractivity contribution is 0.300. The molecule has 0 spiro atoms. The van der Waals surface area contributed by atoms with Crippen molar-refractivity contribution in [3.8, 4) is 11.5 Å². The molecule has 2 N–H and O–H groups in total. The maximum absolute atomic E-state index is 5.96. The van der Waals surface area contributed by atoms with Gasteiger partial charge in [0.15, 0.2) is 0 Å². The Kier molecular flexibility index (Phi) is 5.64. The van der Waals surface area contributed by atoms with E-state index in [0.717, 1.165) is 35.5 Å². The molecule has 2 aromatic rings. The topological polar surface area (TPSA) is 44.5 Å². The molecule has 0 saturated heterocycles. The molecule has 0 radical (unpaired) electrons. The molecular formula is C18H23NO2. The van der Waals surface area contributed by atoms with Crippen LogP contribution >= 0.6 is 0 Å². The van der Waals surface area contributed by atoms with Crippen LogP contribution in [0.25, 0.3) is 0 Å². The van der Waals surface area contributed by atoms with Crippen molar-refractivity contribution < 1.29 is 9.47 Å². The second-order valence-corrected chi connectivity index (χ2v) is 4.97. The smallest absolute Gasteiger partial charge is 0.126 e. The molecule has 0 aliphatic rings. The van der Waals surface area contributed by atoms with Crippen molar-refractivity contribution in [1.82, 2.24) is 0 Å². The SMILES string of the molecule is CCc1ccc(COc2cc(OC)ccc2CCN)cc1. The summed E-state index contributed by atoms with van der Waals surface area (Å²) < 4.78 is 11.2. The van der Waals surface area contributed by atoms with Gasteiger partial charge >= 0.3 is 0 Å². The molecule has 0 amide bonds. The van der Waals surface area contributed by atoms with Crippen LogP contribution in [0.2, 0.25) is 0 Å². The summed E-state index contributed by atoms with van der Waals surface area (Å²) in [5.74, 6) is 1.64. The number of benzene rings is 2. The Morgan fingerprint density at radius 2 is 1.71 bits per heavy atom. The third kappa shape index (κ3) is 4.23. The fraction of sp³-hybridized carbons (Fsp3) is 0.333.